The highest BCUT2D eigenvalue weighted by Gasteiger charge is 2.25. The number of hydrogen-bond acceptors (Lipinski definition) is 7. The Kier molecular flexibility index (Phi) is 7.36. The summed E-state index contributed by atoms with van der Waals surface area (Å²) in [6, 6.07) is 9.19. The van der Waals surface area contributed by atoms with Crippen LogP contribution in [0, 0.1) is 5.92 Å². The highest BCUT2D eigenvalue weighted by Crippen LogP contribution is 2.21. The van der Waals surface area contributed by atoms with Crippen molar-refractivity contribution in [2.75, 3.05) is 26.7 Å². The van der Waals surface area contributed by atoms with E-state index in [-0.39, 0.29) is 17.5 Å². The van der Waals surface area contributed by atoms with Crippen molar-refractivity contribution in [2.45, 2.75) is 25.9 Å². The molecule has 0 aliphatic carbocycles. The monoisotopic (exact) mass is 469 g/mol. The molecule has 0 saturated carbocycles. The fourth-order valence-electron chi connectivity index (χ4n) is 3.97. The predicted octanol–water partition coefficient (Wildman–Crippen LogP) is 2.08. The lowest BCUT2D eigenvalue weighted by molar-refractivity contribution is 0.0627. The van der Waals surface area contributed by atoms with Gasteiger partial charge >= 0.3 is 5.69 Å². The highest BCUT2D eigenvalue weighted by molar-refractivity contribution is 7.09. The first kappa shape index (κ1) is 22.9. The number of benzene rings is 1. The summed E-state index contributed by atoms with van der Waals surface area (Å²) in [5.74, 6) is 0.637. The van der Waals surface area contributed by atoms with Gasteiger partial charge in [0, 0.05) is 43.2 Å². The van der Waals surface area contributed by atoms with Gasteiger partial charge in [0.05, 0.1) is 13.2 Å². The van der Waals surface area contributed by atoms with Crippen LogP contribution in [-0.4, -0.2) is 57.4 Å². The molecule has 33 heavy (non-hydrogen) atoms. The van der Waals surface area contributed by atoms with Crippen LogP contribution in [0.3, 0.4) is 0 Å². The summed E-state index contributed by atoms with van der Waals surface area (Å²) in [4.78, 5) is 48.4. The Morgan fingerprint density at radius 2 is 2.06 bits per heavy atom. The fourth-order valence-corrected chi connectivity index (χ4v) is 4.67. The van der Waals surface area contributed by atoms with E-state index in [1.807, 2.05) is 23.7 Å². The van der Waals surface area contributed by atoms with E-state index < -0.39 is 11.2 Å². The third kappa shape index (κ3) is 6.39. The number of carbonyl (C=O) groups is 1. The van der Waals surface area contributed by atoms with Crippen LogP contribution >= 0.6 is 11.3 Å². The van der Waals surface area contributed by atoms with E-state index >= 15 is 0 Å². The third-order valence-electron chi connectivity index (χ3n) is 5.55. The van der Waals surface area contributed by atoms with Gasteiger partial charge in [-0.1, -0.05) is 12.1 Å². The van der Waals surface area contributed by atoms with E-state index in [2.05, 4.69) is 39.0 Å². The number of aromatic amines is 2. The van der Waals surface area contributed by atoms with Crippen molar-refractivity contribution in [3.63, 3.8) is 0 Å². The molecule has 1 saturated heterocycles. The van der Waals surface area contributed by atoms with Crippen molar-refractivity contribution in [2.24, 2.45) is 5.92 Å². The molecule has 9 nitrogen and oxygen atoms in total. The Morgan fingerprint density at radius 1 is 1.24 bits per heavy atom. The minimum atomic E-state index is -0.680. The molecule has 1 aliphatic rings. The van der Waals surface area contributed by atoms with Gasteiger partial charge in [-0.3, -0.25) is 19.5 Å². The van der Waals surface area contributed by atoms with Crippen molar-refractivity contribution in [3.8, 4) is 5.75 Å². The molecule has 2 aromatic heterocycles. The van der Waals surface area contributed by atoms with Crippen molar-refractivity contribution in [3.05, 3.63) is 79.0 Å². The molecule has 1 unspecified atom stereocenters. The van der Waals surface area contributed by atoms with Gasteiger partial charge < -0.3 is 14.6 Å². The Morgan fingerprint density at radius 3 is 2.79 bits per heavy atom. The lowest BCUT2D eigenvalue weighted by Gasteiger charge is -2.32. The number of thiazole rings is 1. The lowest BCUT2D eigenvalue weighted by atomic mass is 9.98. The molecule has 3 aromatic rings. The zero-order chi connectivity index (χ0) is 23.2. The summed E-state index contributed by atoms with van der Waals surface area (Å²) in [5.41, 5.74) is -0.0548. The molecule has 2 N–H and O–H groups in total. The van der Waals surface area contributed by atoms with Crippen molar-refractivity contribution >= 4 is 17.2 Å². The molecule has 4 rings (SSSR count). The van der Waals surface area contributed by atoms with Gasteiger partial charge in [0.15, 0.2) is 0 Å². The Labute approximate surface area is 195 Å². The minimum absolute atomic E-state index is 0.0146. The smallest absolute Gasteiger partial charge is 0.326 e. The standard InChI is InChI=1S/C23H27N5O4S/c1-27(14-21-24-8-10-33-21)12-16-4-6-18(7-5-16)32-15-17-3-2-9-28(13-17)22(30)19-11-20(29)26-23(31)25-19/h4-8,10-11,17H,2-3,9,12-15H2,1H3,(H2,25,26,29,31). The maximum atomic E-state index is 12.7. The van der Waals surface area contributed by atoms with E-state index in [1.165, 1.54) is 5.56 Å². The van der Waals surface area contributed by atoms with Crippen LogP contribution < -0.4 is 16.0 Å². The number of ether oxygens (including phenoxy) is 1. The van der Waals surface area contributed by atoms with Crippen molar-refractivity contribution < 1.29 is 9.53 Å². The first-order chi connectivity index (χ1) is 16.0. The second-order valence-corrected chi connectivity index (χ2v) is 9.29. The van der Waals surface area contributed by atoms with Crippen LogP contribution in [-0.2, 0) is 13.1 Å². The number of amides is 1. The summed E-state index contributed by atoms with van der Waals surface area (Å²) in [6.07, 6.45) is 3.62. The van der Waals surface area contributed by atoms with Crippen molar-refractivity contribution in [1.82, 2.24) is 24.8 Å². The Bertz CT molecular complexity index is 1140. The number of likely N-dealkylation sites (tertiary alicyclic amines) is 1. The average molecular weight is 470 g/mol. The molecule has 1 aliphatic heterocycles. The predicted molar refractivity (Wildman–Crippen MR) is 126 cm³/mol. The van der Waals surface area contributed by atoms with E-state index in [4.69, 9.17) is 4.74 Å². The quantitative estimate of drug-likeness (QED) is 0.523. The largest absolute Gasteiger partial charge is 0.493 e. The SMILES string of the molecule is CN(Cc1ccc(OCC2CCCN(C(=O)c3cc(=O)[nH]c(=O)[nH]3)C2)cc1)Cc1nccs1. The summed E-state index contributed by atoms with van der Waals surface area (Å²) >= 11 is 1.66. The fraction of sp³-hybridized carbons (Fsp3) is 0.391. The molecular formula is C23H27N5O4S. The molecule has 3 heterocycles. The van der Waals surface area contributed by atoms with E-state index in [0.717, 1.165) is 42.8 Å². The van der Waals surface area contributed by atoms with Gasteiger partial charge in [-0.15, -0.1) is 11.3 Å². The van der Waals surface area contributed by atoms with Gasteiger partial charge in [-0.2, -0.15) is 0 Å². The van der Waals surface area contributed by atoms with Crippen LogP contribution in [0.1, 0.15) is 33.9 Å². The highest BCUT2D eigenvalue weighted by atomic mass is 32.1. The van der Waals surface area contributed by atoms with Gasteiger partial charge in [0.1, 0.15) is 16.5 Å². The van der Waals surface area contributed by atoms with Crippen LogP contribution in [0.15, 0.2) is 51.5 Å². The number of piperidine rings is 1. The topological polar surface area (TPSA) is 111 Å². The van der Waals surface area contributed by atoms with Gasteiger partial charge in [-0.25, -0.2) is 9.78 Å². The number of aromatic nitrogens is 3. The van der Waals surface area contributed by atoms with E-state index in [1.54, 1.807) is 16.2 Å². The first-order valence-corrected chi connectivity index (χ1v) is 11.8. The number of hydrogen-bond donors (Lipinski definition) is 2. The number of H-pyrrole nitrogens is 2. The second kappa shape index (κ2) is 10.6. The van der Waals surface area contributed by atoms with Gasteiger partial charge in [-0.05, 0) is 37.6 Å². The summed E-state index contributed by atoms with van der Waals surface area (Å²) < 4.78 is 5.99. The van der Waals surface area contributed by atoms with Gasteiger partial charge in [0.25, 0.3) is 11.5 Å². The lowest BCUT2D eigenvalue weighted by Crippen LogP contribution is -2.43. The molecule has 0 spiro atoms. The van der Waals surface area contributed by atoms with Crippen LogP contribution in [0.2, 0.25) is 0 Å². The Balaban J connectivity index is 1.27. The summed E-state index contributed by atoms with van der Waals surface area (Å²) in [5, 5.41) is 3.09. The molecule has 174 valence electrons. The molecule has 1 fully saturated rings. The zero-order valence-corrected chi connectivity index (χ0v) is 19.3. The molecule has 1 amide bonds. The average Bonchev–Trinajstić information content (AvgIpc) is 3.30. The maximum absolute atomic E-state index is 12.7. The molecule has 0 radical (unpaired) electrons. The first-order valence-electron chi connectivity index (χ1n) is 10.9. The van der Waals surface area contributed by atoms with Crippen LogP contribution in [0.5, 0.6) is 5.75 Å². The zero-order valence-electron chi connectivity index (χ0n) is 18.5. The molecular weight excluding hydrogens is 442 g/mol. The van der Waals surface area contributed by atoms with E-state index in [9.17, 15) is 14.4 Å². The molecule has 10 heteroatoms. The normalized spacial score (nSPS) is 16.2. The van der Waals surface area contributed by atoms with Crippen LogP contribution in [0.4, 0.5) is 0 Å². The Hall–Kier alpha value is -3.24. The molecule has 0 bridgehead atoms. The number of nitrogens with zero attached hydrogens (tertiary/aromatic N) is 3. The van der Waals surface area contributed by atoms with Crippen LogP contribution in [0.25, 0.3) is 0 Å². The number of rotatable bonds is 8. The minimum Gasteiger partial charge on any atom is -0.493 e. The molecule has 1 atom stereocenters. The van der Waals surface area contributed by atoms with E-state index in [0.29, 0.717) is 19.7 Å². The maximum Gasteiger partial charge on any atom is 0.326 e. The number of nitrogens with one attached hydrogen (secondary N) is 2. The second-order valence-electron chi connectivity index (χ2n) is 8.31. The summed E-state index contributed by atoms with van der Waals surface area (Å²) in [6.45, 7) is 3.25. The number of carbonyl (C=O) groups excluding carboxylic acids is 1. The summed E-state index contributed by atoms with van der Waals surface area (Å²) in [7, 11) is 2.07. The molecule has 1 aromatic carbocycles. The third-order valence-corrected chi connectivity index (χ3v) is 6.31. The van der Waals surface area contributed by atoms with Crippen molar-refractivity contribution in [1.29, 1.82) is 0 Å². The van der Waals surface area contributed by atoms with Gasteiger partial charge in [0.2, 0.25) is 0 Å².